The molecule has 4 aromatic rings. The van der Waals surface area contributed by atoms with E-state index in [2.05, 4.69) is 52.4 Å². The topological polar surface area (TPSA) is 114 Å². The van der Waals surface area contributed by atoms with Crippen molar-refractivity contribution in [2.24, 2.45) is 5.73 Å². The number of aromatic amines is 1. The molecular formula is C19H11Br2F2N5O2S. The molecule has 2 amide bonds. The van der Waals surface area contributed by atoms with E-state index in [0.717, 1.165) is 11.3 Å². The predicted molar refractivity (Wildman–Crippen MR) is 120 cm³/mol. The van der Waals surface area contributed by atoms with Crippen LogP contribution in [0.2, 0.25) is 0 Å². The molecular weight excluding hydrogens is 560 g/mol. The van der Waals surface area contributed by atoms with E-state index in [9.17, 15) is 18.4 Å². The average molecular weight is 571 g/mol. The molecule has 0 aliphatic carbocycles. The first-order valence-electron chi connectivity index (χ1n) is 8.59. The molecule has 0 spiro atoms. The number of fused-ring (bicyclic) bond motifs is 1. The maximum Gasteiger partial charge on any atom is 0.280 e. The van der Waals surface area contributed by atoms with Gasteiger partial charge in [0.1, 0.15) is 20.0 Å². The van der Waals surface area contributed by atoms with Crippen LogP contribution in [0.15, 0.2) is 45.5 Å². The molecule has 0 saturated carbocycles. The standard InChI is InChI=1S/C19H11Br2F2N5O2S/c20-11-13(27-28-15(11)21)18(30)26-12-10-8(7-4-2-1-3-5-7)6-9(16(22)23)25-19(10)31-14(12)17(24)29/h1-6,16H,(H2,24,29)(H,26,30)(H,27,28). The number of H-pyrrole nitrogens is 1. The molecule has 7 nitrogen and oxygen atoms in total. The Bertz CT molecular complexity index is 1320. The smallest absolute Gasteiger partial charge is 0.280 e. The van der Waals surface area contributed by atoms with Crippen LogP contribution in [0.1, 0.15) is 32.3 Å². The van der Waals surface area contributed by atoms with E-state index in [1.54, 1.807) is 30.3 Å². The molecule has 3 heterocycles. The molecule has 158 valence electrons. The number of carbonyl (C=O) groups excluding carboxylic acids is 2. The minimum absolute atomic E-state index is 0.00910. The number of halogens is 4. The molecule has 3 aromatic heterocycles. The Morgan fingerprint density at radius 3 is 2.48 bits per heavy atom. The summed E-state index contributed by atoms with van der Waals surface area (Å²) in [4.78, 5) is 29.1. The second-order valence-electron chi connectivity index (χ2n) is 6.27. The number of carbonyl (C=O) groups is 2. The van der Waals surface area contributed by atoms with E-state index >= 15 is 0 Å². The lowest BCUT2D eigenvalue weighted by Gasteiger charge is -2.10. The number of primary amides is 1. The van der Waals surface area contributed by atoms with Gasteiger partial charge in [0, 0.05) is 5.39 Å². The molecule has 0 unspecified atom stereocenters. The highest BCUT2D eigenvalue weighted by Crippen LogP contribution is 2.42. The fraction of sp³-hybridized carbons (Fsp3) is 0.0526. The molecule has 0 atom stereocenters. The molecule has 0 saturated heterocycles. The first-order chi connectivity index (χ1) is 14.8. The quantitative estimate of drug-likeness (QED) is 0.294. The molecule has 0 fully saturated rings. The summed E-state index contributed by atoms with van der Waals surface area (Å²) in [6.45, 7) is 0. The van der Waals surface area contributed by atoms with E-state index in [0.29, 0.717) is 25.6 Å². The number of nitrogens with two attached hydrogens (primary N) is 1. The Labute approximate surface area is 194 Å². The van der Waals surface area contributed by atoms with E-state index in [1.165, 1.54) is 6.07 Å². The molecule has 0 aliphatic heterocycles. The molecule has 4 N–H and O–H groups in total. The lowest BCUT2D eigenvalue weighted by Crippen LogP contribution is -2.17. The summed E-state index contributed by atoms with van der Waals surface area (Å²) in [5.74, 6) is -1.45. The number of nitrogens with one attached hydrogen (secondary N) is 2. The highest BCUT2D eigenvalue weighted by Gasteiger charge is 2.26. The van der Waals surface area contributed by atoms with Crippen LogP contribution >= 0.6 is 43.2 Å². The molecule has 4 rings (SSSR count). The number of anilines is 1. The molecule has 31 heavy (non-hydrogen) atoms. The van der Waals surface area contributed by atoms with Crippen molar-refractivity contribution < 1.29 is 18.4 Å². The zero-order valence-corrected chi connectivity index (χ0v) is 19.2. The summed E-state index contributed by atoms with van der Waals surface area (Å²) < 4.78 is 27.8. The molecule has 0 aliphatic rings. The van der Waals surface area contributed by atoms with Crippen molar-refractivity contribution >= 4 is 70.9 Å². The largest absolute Gasteiger partial charge is 0.365 e. The van der Waals surface area contributed by atoms with Gasteiger partial charge in [0.05, 0.1) is 10.2 Å². The van der Waals surface area contributed by atoms with Gasteiger partial charge in [-0.25, -0.2) is 13.8 Å². The first-order valence-corrected chi connectivity index (χ1v) is 11.0. The Balaban J connectivity index is 1.97. The number of aromatic nitrogens is 3. The number of benzene rings is 1. The number of pyridine rings is 1. The fourth-order valence-electron chi connectivity index (χ4n) is 3.00. The fourth-order valence-corrected chi connectivity index (χ4v) is 4.65. The third-order valence-corrected chi connectivity index (χ3v) is 7.31. The summed E-state index contributed by atoms with van der Waals surface area (Å²) in [5, 5.41) is 9.51. The van der Waals surface area contributed by atoms with E-state index in [4.69, 9.17) is 5.73 Å². The Morgan fingerprint density at radius 1 is 1.19 bits per heavy atom. The van der Waals surface area contributed by atoms with Gasteiger partial charge in [-0.1, -0.05) is 30.3 Å². The Hall–Kier alpha value is -2.70. The van der Waals surface area contributed by atoms with Crippen LogP contribution in [0.5, 0.6) is 0 Å². The van der Waals surface area contributed by atoms with Gasteiger partial charge >= 0.3 is 0 Å². The Kier molecular flexibility index (Phi) is 5.86. The maximum absolute atomic E-state index is 13.5. The summed E-state index contributed by atoms with van der Waals surface area (Å²) >= 11 is 7.28. The lowest BCUT2D eigenvalue weighted by molar-refractivity contribution is 0.100. The summed E-state index contributed by atoms with van der Waals surface area (Å²) in [5.41, 5.74) is 6.20. The minimum Gasteiger partial charge on any atom is -0.365 e. The van der Waals surface area contributed by atoms with E-state index in [-0.39, 0.29) is 21.1 Å². The highest BCUT2D eigenvalue weighted by atomic mass is 79.9. The van der Waals surface area contributed by atoms with Crippen molar-refractivity contribution in [1.82, 2.24) is 15.2 Å². The normalized spacial score (nSPS) is 11.3. The van der Waals surface area contributed by atoms with Crippen LogP contribution in [0.4, 0.5) is 14.5 Å². The molecule has 12 heteroatoms. The molecule has 1 aromatic carbocycles. The lowest BCUT2D eigenvalue weighted by atomic mass is 10.0. The Morgan fingerprint density at radius 2 is 1.90 bits per heavy atom. The number of hydrogen-bond acceptors (Lipinski definition) is 5. The van der Waals surface area contributed by atoms with Gasteiger partial charge in [-0.15, -0.1) is 11.3 Å². The van der Waals surface area contributed by atoms with Crippen LogP contribution in [0.25, 0.3) is 21.3 Å². The van der Waals surface area contributed by atoms with Gasteiger partial charge in [-0.05, 0) is 49.1 Å². The summed E-state index contributed by atoms with van der Waals surface area (Å²) in [7, 11) is 0. The van der Waals surface area contributed by atoms with E-state index < -0.39 is 23.9 Å². The maximum atomic E-state index is 13.5. The number of hydrogen-bond donors (Lipinski definition) is 3. The van der Waals surface area contributed by atoms with Crippen LogP contribution in [0, 0.1) is 0 Å². The van der Waals surface area contributed by atoms with Crippen LogP contribution in [0.3, 0.4) is 0 Å². The second-order valence-corrected chi connectivity index (χ2v) is 8.85. The zero-order chi connectivity index (χ0) is 22.3. The van der Waals surface area contributed by atoms with Crippen molar-refractivity contribution in [3.63, 3.8) is 0 Å². The average Bonchev–Trinajstić information content (AvgIpc) is 3.28. The van der Waals surface area contributed by atoms with Crippen LogP contribution in [-0.2, 0) is 0 Å². The number of alkyl halides is 2. The summed E-state index contributed by atoms with van der Waals surface area (Å²) in [6.07, 6.45) is -2.82. The van der Waals surface area contributed by atoms with Gasteiger partial charge in [0.15, 0.2) is 5.69 Å². The minimum atomic E-state index is -2.82. The van der Waals surface area contributed by atoms with Gasteiger partial charge in [0.2, 0.25) is 0 Å². The van der Waals surface area contributed by atoms with Gasteiger partial charge in [-0.3, -0.25) is 14.7 Å². The summed E-state index contributed by atoms with van der Waals surface area (Å²) in [6, 6.07) is 10.0. The first kappa shape index (κ1) is 21.5. The number of amides is 2. The number of nitrogens with zero attached hydrogens (tertiary/aromatic N) is 2. The van der Waals surface area contributed by atoms with Gasteiger partial charge in [0.25, 0.3) is 18.2 Å². The SMILES string of the molecule is NC(=O)c1sc2nc(C(F)F)cc(-c3ccccc3)c2c1NC(=O)c1n[nH]c(Br)c1Br. The number of thiophene rings is 1. The van der Waals surface area contributed by atoms with Crippen molar-refractivity contribution in [1.29, 1.82) is 0 Å². The monoisotopic (exact) mass is 569 g/mol. The van der Waals surface area contributed by atoms with Gasteiger partial charge in [-0.2, -0.15) is 5.10 Å². The third kappa shape index (κ3) is 3.98. The third-order valence-electron chi connectivity index (χ3n) is 4.33. The number of rotatable bonds is 5. The van der Waals surface area contributed by atoms with Gasteiger partial charge < -0.3 is 11.1 Å². The van der Waals surface area contributed by atoms with E-state index in [1.807, 2.05) is 0 Å². The predicted octanol–water partition coefficient (Wildman–Crippen LogP) is 5.50. The zero-order valence-electron chi connectivity index (χ0n) is 15.2. The van der Waals surface area contributed by atoms with Crippen molar-refractivity contribution in [3.8, 4) is 11.1 Å². The van der Waals surface area contributed by atoms with Crippen LogP contribution in [-0.4, -0.2) is 27.0 Å². The molecule has 0 bridgehead atoms. The molecule has 0 radical (unpaired) electrons. The highest BCUT2D eigenvalue weighted by molar-refractivity contribution is 9.13. The van der Waals surface area contributed by atoms with Crippen molar-refractivity contribution in [2.45, 2.75) is 6.43 Å². The van der Waals surface area contributed by atoms with Crippen LogP contribution < -0.4 is 11.1 Å². The van der Waals surface area contributed by atoms with Crippen molar-refractivity contribution in [3.05, 3.63) is 61.7 Å². The second kappa shape index (κ2) is 8.44. The van der Waals surface area contributed by atoms with Crippen molar-refractivity contribution in [2.75, 3.05) is 5.32 Å².